The minimum Gasteiger partial charge on any atom is -0.398 e. The van der Waals surface area contributed by atoms with Crippen LogP contribution >= 0.6 is 11.3 Å². The Hall–Kier alpha value is -3.67. The zero-order valence-corrected chi connectivity index (χ0v) is 26.1. The van der Waals surface area contributed by atoms with Crippen molar-refractivity contribution in [3.8, 4) is 11.4 Å². The predicted octanol–water partition coefficient (Wildman–Crippen LogP) is 4.37. The van der Waals surface area contributed by atoms with Gasteiger partial charge < -0.3 is 25.7 Å². The van der Waals surface area contributed by atoms with E-state index >= 15 is 0 Å². The molecule has 228 valence electrons. The lowest BCUT2D eigenvalue weighted by Gasteiger charge is -2.34. The van der Waals surface area contributed by atoms with Crippen LogP contribution in [0.1, 0.15) is 44.1 Å². The molecule has 0 unspecified atom stereocenters. The number of rotatable bonds is 9. The summed E-state index contributed by atoms with van der Waals surface area (Å²) in [6.07, 6.45) is 5.27. The minimum atomic E-state index is -0.0513. The molecule has 3 N–H and O–H groups in total. The Morgan fingerprint density at radius 3 is 2.51 bits per heavy atom. The van der Waals surface area contributed by atoms with Gasteiger partial charge in [0.1, 0.15) is 0 Å². The Balaban J connectivity index is 1.28. The van der Waals surface area contributed by atoms with Crippen molar-refractivity contribution in [1.82, 2.24) is 19.8 Å². The second-order valence-corrected chi connectivity index (χ2v) is 13.3. The van der Waals surface area contributed by atoms with E-state index in [-0.39, 0.29) is 29.9 Å². The van der Waals surface area contributed by atoms with Gasteiger partial charge in [-0.05, 0) is 23.6 Å². The molecule has 2 saturated heterocycles. The fourth-order valence-corrected chi connectivity index (χ4v) is 6.44. The topological polar surface area (TPSA) is 129 Å². The number of nitrogens with two attached hydrogens (primary N) is 1. The van der Waals surface area contributed by atoms with Crippen molar-refractivity contribution in [3.05, 3.63) is 46.9 Å². The number of fused-ring (bicyclic) bond motifs is 1. The van der Waals surface area contributed by atoms with Gasteiger partial charge in [-0.25, -0.2) is 9.97 Å². The first kappa shape index (κ1) is 30.8. The molecule has 0 spiro atoms. The van der Waals surface area contributed by atoms with Crippen molar-refractivity contribution >= 4 is 51.0 Å². The van der Waals surface area contributed by atoms with Gasteiger partial charge in [0.05, 0.1) is 23.4 Å². The monoisotopic (exact) mass is 603 g/mol. The van der Waals surface area contributed by atoms with Gasteiger partial charge >= 0.3 is 0 Å². The van der Waals surface area contributed by atoms with Gasteiger partial charge in [0.2, 0.25) is 5.91 Å². The molecule has 5 rings (SSSR count). The molecule has 0 aliphatic carbocycles. The number of morpholine rings is 1. The van der Waals surface area contributed by atoms with Crippen LogP contribution in [0.4, 0.5) is 11.5 Å². The van der Waals surface area contributed by atoms with E-state index in [1.165, 1.54) is 11.1 Å². The van der Waals surface area contributed by atoms with Crippen LogP contribution in [0.3, 0.4) is 0 Å². The highest BCUT2D eigenvalue weighted by Gasteiger charge is 2.24. The first-order chi connectivity index (χ1) is 20.6. The van der Waals surface area contributed by atoms with Gasteiger partial charge in [-0.2, -0.15) is 0 Å². The summed E-state index contributed by atoms with van der Waals surface area (Å²) in [5, 5.41) is 7.92. The highest BCUT2D eigenvalue weighted by molar-refractivity contribution is 7.19. The van der Waals surface area contributed by atoms with Crippen LogP contribution in [-0.2, 0) is 20.9 Å². The normalized spacial score (nSPS) is 16.7. The number of nitrogens with zero attached hydrogens (tertiary/aromatic N) is 5. The number of nitrogens with one attached hydrogen (secondary N) is 1. The van der Waals surface area contributed by atoms with Crippen LogP contribution in [0.25, 0.3) is 21.6 Å². The summed E-state index contributed by atoms with van der Waals surface area (Å²) in [5.41, 5.74) is 8.89. The van der Waals surface area contributed by atoms with Gasteiger partial charge in [0.15, 0.2) is 17.4 Å². The molecule has 0 radical (unpaired) electrons. The average molecular weight is 604 g/mol. The fraction of sp³-hybridized carbons (Fsp3) is 0.469. The van der Waals surface area contributed by atoms with E-state index in [2.05, 4.69) is 15.9 Å². The van der Waals surface area contributed by atoms with Crippen molar-refractivity contribution < 1.29 is 14.3 Å². The van der Waals surface area contributed by atoms with Crippen LogP contribution in [0, 0.1) is 10.8 Å². The number of carbonyl (C=O) groups is 2. The fourth-order valence-electron chi connectivity index (χ4n) is 5.28. The number of ketones is 1. The third-order valence-electron chi connectivity index (χ3n) is 7.70. The molecule has 2 aromatic heterocycles. The van der Waals surface area contributed by atoms with E-state index in [4.69, 9.17) is 25.8 Å². The number of allylic oxidation sites excluding steroid dienone is 2. The molecule has 43 heavy (non-hydrogen) atoms. The van der Waals surface area contributed by atoms with E-state index in [0.29, 0.717) is 43.4 Å². The third-order valence-corrected chi connectivity index (χ3v) is 8.80. The van der Waals surface area contributed by atoms with Crippen LogP contribution in [0.2, 0.25) is 0 Å². The summed E-state index contributed by atoms with van der Waals surface area (Å²) in [6.45, 7) is 12.6. The standard InChI is InChI=1S/C32H41N7O3S/c1-32(2,3)10-9-22(40)7-8-28(41)38-13-11-37(12-14-38)21-23-19-27-29(43-23)31(39-15-17-42-18-16-39)36-30(35-27)24-5-4-6-26(34)25(24)20-33/h4-6,9-10,19-20,33H,7-8,11-18,21,34H2,1-3H3. The number of thiophene rings is 1. The number of ether oxygens (including phenoxy) is 1. The van der Waals surface area contributed by atoms with Crippen molar-refractivity contribution in [2.24, 2.45) is 5.41 Å². The summed E-state index contributed by atoms with van der Waals surface area (Å²) in [6, 6.07) is 7.70. The zero-order valence-electron chi connectivity index (χ0n) is 25.3. The van der Waals surface area contributed by atoms with Crippen LogP contribution in [0.5, 0.6) is 0 Å². The zero-order chi connectivity index (χ0) is 30.6. The number of piperazine rings is 1. The summed E-state index contributed by atoms with van der Waals surface area (Å²) in [4.78, 5) is 42.6. The van der Waals surface area contributed by atoms with Crippen molar-refractivity contribution in [1.29, 1.82) is 5.41 Å². The largest absolute Gasteiger partial charge is 0.398 e. The molecule has 2 aliphatic rings. The Kier molecular flexibility index (Phi) is 9.53. The lowest BCUT2D eigenvalue weighted by molar-refractivity contribution is -0.134. The number of benzene rings is 1. The number of hydrogen-bond donors (Lipinski definition) is 2. The van der Waals surface area contributed by atoms with E-state index in [9.17, 15) is 9.59 Å². The number of amides is 1. The van der Waals surface area contributed by atoms with E-state index in [0.717, 1.165) is 54.3 Å². The Bertz CT molecular complexity index is 1510. The SMILES string of the molecule is CC(C)(C)C=CC(=O)CCC(=O)N1CCN(Cc2cc3nc(-c4cccc(N)c4C=N)nc(N4CCOCC4)c3s2)CC1. The van der Waals surface area contributed by atoms with Crippen molar-refractivity contribution in [2.75, 3.05) is 63.1 Å². The summed E-state index contributed by atoms with van der Waals surface area (Å²) < 4.78 is 6.64. The molecule has 11 heteroatoms. The van der Waals surface area contributed by atoms with Gasteiger partial charge in [0, 0.05) is 86.6 Å². The quantitative estimate of drug-likeness (QED) is 0.210. The Labute approximate surface area is 257 Å². The van der Waals surface area contributed by atoms with Gasteiger partial charge in [-0.15, -0.1) is 11.3 Å². The molecule has 3 aromatic rings. The second kappa shape index (κ2) is 13.3. The molecule has 0 atom stereocenters. The predicted molar refractivity (Wildman–Crippen MR) is 173 cm³/mol. The van der Waals surface area contributed by atoms with Crippen LogP contribution in [-0.4, -0.2) is 90.2 Å². The van der Waals surface area contributed by atoms with Crippen molar-refractivity contribution in [3.63, 3.8) is 0 Å². The van der Waals surface area contributed by atoms with Crippen LogP contribution < -0.4 is 10.6 Å². The third kappa shape index (κ3) is 7.65. The maximum Gasteiger partial charge on any atom is 0.223 e. The number of anilines is 2. The molecule has 2 fully saturated rings. The molecule has 10 nitrogen and oxygen atoms in total. The molecule has 0 bridgehead atoms. The minimum absolute atomic E-state index is 0.000778. The molecule has 2 aliphatic heterocycles. The van der Waals surface area contributed by atoms with Crippen LogP contribution in [0.15, 0.2) is 36.4 Å². The molecule has 1 amide bonds. The van der Waals surface area contributed by atoms with Gasteiger partial charge in [-0.3, -0.25) is 14.5 Å². The number of aromatic nitrogens is 2. The summed E-state index contributed by atoms with van der Waals surface area (Å²) in [5.74, 6) is 1.49. The van der Waals surface area contributed by atoms with E-state index in [1.807, 2.05) is 43.9 Å². The van der Waals surface area contributed by atoms with Crippen molar-refractivity contribution in [2.45, 2.75) is 40.2 Å². The van der Waals surface area contributed by atoms with E-state index in [1.54, 1.807) is 23.5 Å². The Morgan fingerprint density at radius 2 is 1.81 bits per heavy atom. The smallest absolute Gasteiger partial charge is 0.223 e. The molecular weight excluding hydrogens is 562 g/mol. The summed E-state index contributed by atoms with van der Waals surface area (Å²) >= 11 is 1.71. The van der Waals surface area contributed by atoms with Gasteiger partial charge in [-0.1, -0.05) is 39.0 Å². The first-order valence-electron chi connectivity index (χ1n) is 14.9. The molecule has 0 saturated carbocycles. The highest BCUT2D eigenvalue weighted by atomic mass is 32.1. The highest BCUT2D eigenvalue weighted by Crippen LogP contribution is 2.36. The number of hydrogen-bond acceptors (Lipinski definition) is 10. The maximum atomic E-state index is 12.8. The summed E-state index contributed by atoms with van der Waals surface area (Å²) in [7, 11) is 0. The molecule has 1 aromatic carbocycles. The van der Waals surface area contributed by atoms with E-state index < -0.39 is 0 Å². The molecule has 4 heterocycles. The molecular formula is C32H41N7O3S. The lowest BCUT2D eigenvalue weighted by Crippen LogP contribution is -2.48. The second-order valence-electron chi connectivity index (χ2n) is 12.2. The lowest BCUT2D eigenvalue weighted by atomic mass is 9.95. The number of carbonyl (C=O) groups excluding carboxylic acids is 2. The Morgan fingerprint density at radius 1 is 1.07 bits per heavy atom. The van der Waals surface area contributed by atoms with Gasteiger partial charge in [0.25, 0.3) is 0 Å². The number of nitrogen functional groups attached to an aromatic ring is 1. The average Bonchev–Trinajstić information content (AvgIpc) is 3.41. The maximum absolute atomic E-state index is 12.8. The first-order valence-corrected chi connectivity index (χ1v) is 15.7.